The second kappa shape index (κ2) is 11.8. The molecule has 5 rings (SSSR count). The van der Waals surface area contributed by atoms with Gasteiger partial charge in [-0.15, -0.1) is 10.2 Å². The Balaban J connectivity index is 1.34. The van der Waals surface area contributed by atoms with Crippen LogP contribution in [0, 0.1) is 31.0 Å². The average Bonchev–Trinajstić information content (AvgIpc) is 3.55. The lowest BCUT2D eigenvalue weighted by Crippen LogP contribution is -2.07. The van der Waals surface area contributed by atoms with Crippen LogP contribution in [0.1, 0.15) is 44.2 Å². The lowest BCUT2D eigenvalue weighted by Gasteiger charge is -2.11. The fraction of sp³-hybridized carbons (Fsp3) is 0.133. The highest BCUT2D eigenvalue weighted by Crippen LogP contribution is 2.36. The smallest absolute Gasteiger partial charge is 0.355 e. The van der Waals surface area contributed by atoms with Crippen molar-refractivity contribution in [1.29, 1.82) is 5.26 Å². The normalized spacial score (nSPS) is 10.8. The van der Waals surface area contributed by atoms with Crippen LogP contribution in [0.5, 0.6) is 11.5 Å². The van der Waals surface area contributed by atoms with E-state index < -0.39 is 11.8 Å². The van der Waals surface area contributed by atoms with Gasteiger partial charge in [0.25, 0.3) is 5.89 Å². The number of carbonyl (C=O) groups is 1. The number of nitriles is 1. The van der Waals surface area contributed by atoms with Crippen molar-refractivity contribution in [2.24, 2.45) is 0 Å². The SMILES string of the molecule is Cc1c(C(=O)OCc2ccccc2)[nH]c(-c2nnc(Cc3ccc(Cl)c(Oc4cc(Cl)cc(C#N)c4)c3F)o2)c1C. The molecule has 0 aliphatic rings. The highest BCUT2D eigenvalue weighted by molar-refractivity contribution is 6.32. The fourth-order valence-electron chi connectivity index (χ4n) is 4.10. The van der Waals surface area contributed by atoms with Crippen molar-refractivity contribution in [2.75, 3.05) is 0 Å². The van der Waals surface area contributed by atoms with Gasteiger partial charge in [-0.05, 0) is 54.8 Å². The minimum absolute atomic E-state index is 0.0279. The summed E-state index contributed by atoms with van der Waals surface area (Å²) in [5, 5.41) is 17.6. The lowest BCUT2D eigenvalue weighted by molar-refractivity contribution is 0.0465. The van der Waals surface area contributed by atoms with Crippen LogP contribution < -0.4 is 4.74 Å². The number of H-pyrrole nitrogens is 1. The number of hydrogen-bond acceptors (Lipinski definition) is 7. The summed E-state index contributed by atoms with van der Waals surface area (Å²) in [5.74, 6) is -1.06. The van der Waals surface area contributed by atoms with Crippen LogP contribution in [0.2, 0.25) is 10.0 Å². The van der Waals surface area contributed by atoms with Gasteiger partial charge in [0.15, 0.2) is 11.6 Å². The minimum atomic E-state index is -0.730. The summed E-state index contributed by atoms with van der Waals surface area (Å²) in [7, 11) is 0. The zero-order valence-corrected chi connectivity index (χ0v) is 23.3. The summed E-state index contributed by atoms with van der Waals surface area (Å²) in [6.07, 6.45) is -0.0595. The van der Waals surface area contributed by atoms with E-state index in [1.165, 1.54) is 30.3 Å². The van der Waals surface area contributed by atoms with E-state index in [-0.39, 0.29) is 63.2 Å². The minimum Gasteiger partial charge on any atom is -0.456 e. The van der Waals surface area contributed by atoms with Crippen LogP contribution in [0.15, 0.2) is 65.1 Å². The molecule has 5 aromatic rings. The number of hydrogen-bond donors (Lipinski definition) is 1. The Kier molecular flexibility index (Phi) is 8.06. The van der Waals surface area contributed by atoms with Crippen LogP contribution >= 0.6 is 23.2 Å². The molecule has 0 saturated carbocycles. The first kappa shape index (κ1) is 27.9. The second-order valence-corrected chi connectivity index (χ2v) is 9.95. The molecule has 0 unspecified atom stereocenters. The zero-order chi connectivity index (χ0) is 29.1. The standard InChI is InChI=1S/C30H21Cl2FN4O4/c1-16-17(2)27(30(38)39-15-18-6-4-3-5-7-18)35-26(16)29-37-36-24(41-29)12-20-8-9-23(32)28(25(20)33)40-22-11-19(14-34)10-21(31)13-22/h3-11,13,35H,12,15H2,1-2H3. The van der Waals surface area contributed by atoms with Crippen molar-refractivity contribution >= 4 is 29.2 Å². The predicted molar refractivity (Wildman–Crippen MR) is 150 cm³/mol. The van der Waals surface area contributed by atoms with Gasteiger partial charge in [-0.1, -0.05) is 59.6 Å². The molecule has 0 aliphatic carbocycles. The highest BCUT2D eigenvalue weighted by Gasteiger charge is 2.23. The molecular formula is C30H21Cl2FN4O4. The van der Waals surface area contributed by atoms with E-state index in [1.807, 2.05) is 43.3 Å². The summed E-state index contributed by atoms with van der Waals surface area (Å²) in [5.41, 5.74) is 3.46. The maximum absolute atomic E-state index is 15.5. The molecule has 0 saturated heterocycles. The Bertz CT molecular complexity index is 1790. The molecule has 1 N–H and O–H groups in total. The summed E-state index contributed by atoms with van der Waals surface area (Å²) < 4.78 is 32.4. The van der Waals surface area contributed by atoms with Crippen LogP contribution in [-0.2, 0) is 17.8 Å². The van der Waals surface area contributed by atoms with Gasteiger partial charge in [-0.2, -0.15) is 5.26 Å². The average molecular weight is 591 g/mol. The van der Waals surface area contributed by atoms with Crippen molar-refractivity contribution in [3.63, 3.8) is 0 Å². The zero-order valence-electron chi connectivity index (χ0n) is 21.8. The molecule has 0 atom stereocenters. The largest absolute Gasteiger partial charge is 0.456 e. The first-order valence-corrected chi connectivity index (χ1v) is 13.1. The van der Waals surface area contributed by atoms with Gasteiger partial charge in [-0.25, -0.2) is 9.18 Å². The fourth-order valence-corrected chi connectivity index (χ4v) is 4.51. The van der Waals surface area contributed by atoms with E-state index in [0.717, 1.165) is 11.1 Å². The molecule has 0 bridgehead atoms. The van der Waals surface area contributed by atoms with E-state index in [4.69, 9.17) is 42.4 Å². The number of aromatic nitrogens is 3. The first-order chi connectivity index (χ1) is 19.7. The third-order valence-corrected chi connectivity index (χ3v) is 6.87. The Morgan fingerprint density at radius 2 is 1.85 bits per heavy atom. The molecule has 206 valence electrons. The molecule has 41 heavy (non-hydrogen) atoms. The number of nitrogens with one attached hydrogen (secondary N) is 1. The molecular weight excluding hydrogens is 570 g/mol. The first-order valence-electron chi connectivity index (χ1n) is 12.3. The van der Waals surface area contributed by atoms with E-state index in [1.54, 1.807) is 6.92 Å². The van der Waals surface area contributed by atoms with Gasteiger partial charge in [0.2, 0.25) is 5.89 Å². The molecule has 0 aliphatic heterocycles. The quantitative estimate of drug-likeness (QED) is 0.184. The molecule has 0 fully saturated rings. The third kappa shape index (κ3) is 6.09. The van der Waals surface area contributed by atoms with E-state index in [9.17, 15) is 4.79 Å². The number of aromatic amines is 1. The number of rotatable bonds is 8. The summed E-state index contributed by atoms with van der Waals surface area (Å²) in [4.78, 5) is 15.8. The van der Waals surface area contributed by atoms with Gasteiger partial charge >= 0.3 is 5.97 Å². The maximum atomic E-state index is 15.5. The molecule has 0 radical (unpaired) electrons. The summed E-state index contributed by atoms with van der Waals surface area (Å²) in [6, 6.07) is 18.6. The van der Waals surface area contributed by atoms with Gasteiger partial charge in [-0.3, -0.25) is 0 Å². The molecule has 8 nitrogen and oxygen atoms in total. The molecule has 2 aromatic heterocycles. The van der Waals surface area contributed by atoms with E-state index >= 15 is 4.39 Å². The second-order valence-electron chi connectivity index (χ2n) is 9.10. The van der Waals surface area contributed by atoms with Crippen molar-refractivity contribution in [3.8, 4) is 29.2 Å². The number of carbonyl (C=O) groups excluding carboxylic acids is 1. The number of benzene rings is 3. The maximum Gasteiger partial charge on any atom is 0.355 e. The van der Waals surface area contributed by atoms with Gasteiger partial charge in [0.05, 0.1) is 23.1 Å². The topological polar surface area (TPSA) is 114 Å². The molecule has 11 heteroatoms. The van der Waals surface area contributed by atoms with Crippen molar-refractivity contribution < 1.29 is 23.1 Å². The van der Waals surface area contributed by atoms with Gasteiger partial charge in [0.1, 0.15) is 23.7 Å². The molecule has 3 aromatic carbocycles. The van der Waals surface area contributed by atoms with Crippen molar-refractivity contribution in [1.82, 2.24) is 15.2 Å². The molecule has 0 spiro atoms. The molecule has 0 amide bonds. The Morgan fingerprint density at radius 1 is 1.07 bits per heavy atom. The monoisotopic (exact) mass is 590 g/mol. The summed E-state index contributed by atoms with van der Waals surface area (Å²) in [6.45, 7) is 3.73. The van der Waals surface area contributed by atoms with Crippen LogP contribution in [-0.4, -0.2) is 21.2 Å². The van der Waals surface area contributed by atoms with Crippen LogP contribution in [0.25, 0.3) is 11.6 Å². The number of ether oxygens (including phenoxy) is 2. The summed E-state index contributed by atoms with van der Waals surface area (Å²) >= 11 is 12.2. The number of nitrogens with zero attached hydrogens (tertiary/aromatic N) is 3. The lowest BCUT2D eigenvalue weighted by atomic mass is 10.1. The van der Waals surface area contributed by atoms with Crippen molar-refractivity contribution in [2.45, 2.75) is 26.9 Å². The highest BCUT2D eigenvalue weighted by atomic mass is 35.5. The molecule has 2 heterocycles. The van der Waals surface area contributed by atoms with Crippen LogP contribution in [0.3, 0.4) is 0 Å². The van der Waals surface area contributed by atoms with Gasteiger partial charge < -0.3 is 18.9 Å². The third-order valence-electron chi connectivity index (χ3n) is 6.35. The van der Waals surface area contributed by atoms with E-state index in [2.05, 4.69) is 15.2 Å². The predicted octanol–water partition coefficient (Wildman–Crippen LogP) is 7.74. The van der Waals surface area contributed by atoms with E-state index in [0.29, 0.717) is 11.3 Å². The Morgan fingerprint density at radius 3 is 2.61 bits per heavy atom. The van der Waals surface area contributed by atoms with Crippen LogP contribution in [0.4, 0.5) is 4.39 Å². The van der Waals surface area contributed by atoms with Crippen molar-refractivity contribution in [3.05, 3.63) is 116 Å². The van der Waals surface area contributed by atoms with Gasteiger partial charge in [0, 0.05) is 10.6 Å². The number of esters is 1. The Hall–Kier alpha value is -4.65. The Labute approximate surface area is 244 Å². The number of halogens is 3.